The average molecular weight is 456 g/mol. The SMILES string of the molecule is C=N/C(=C\C(=N/COc1ccc2[nH]c(C)cc2c1F)N1CCC(F)CC1)Nc1cc(C)[nH]n1. The highest BCUT2D eigenvalue weighted by molar-refractivity contribution is 5.94. The maximum Gasteiger partial charge on any atom is 0.181 e. The molecule has 33 heavy (non-hydrogen) atoms. The molecule has 1 aromatic carbocycles. The minimum absolute atomic E-state index is 0.112. The van der Waals surface area contributed by atoms with E-state index in [-0.39, 0.29) is 12.5 Å². The number of rotatable bonds is 7. The molecule has 0 aliphatic carbocycles. The minimum atomic E-state index is -0.824. The van der Waals surface area contributed by atoms with Crippen LogP contribution in [0.5, 0.6) is 5.75 Å². The molecule has 3 N–H and O–H groups in total. The lowest BCUT2D eigenvalue weighted by molar-refractivity contribution is 0.203. The lowest BCUT2D eigenvalue weighted by atomic mass is 10.1. The van der Waals surface area contributed by atoms with Crippen molar-refractivity contribution in [2.75, 3.05) is 25.1 Å². The van der Waals surface area contributed by atoms with Gasteiger partial charge in [0.05, 0.1) is 0 Å². The Morgan fingerprint density at radius 3 is 2.79 bits per heavy atom. The molecule has 1 saturated heterocycles. The second-order valence-corrected chi connectivity index (χ2v) is 7.99. The monoisotopic (exact) mass is 455 g/mol. The zero-order valence-corrected chi connectivity index (χ0v) is 18.7. The fraction of sp³-hybridized carbons (Fsp3) is 0.348. The van der Waals surface area contributed by atoms with Crippen LogP contribution in [0.2, 0.25) is 0 Å². The van der Waals surface area contributed by atoms with Crippen molar-refractivity contribution in [2.45, 2.75) is 32.9 Å². The molecule has 0 unspecified atom stereocenters. The summed E-state index contributed by atoms with van der Waals surface area (Å²) in [7, 11) is 0. The number of hydrogen-bond donors (Lipinski definition) is 3. The number of anilines is 1. The van der Waals surface area contributed by atoms with Crippen LogP contribution in [0.25, 0.3) is 10.9 Å². The number of alkyl halides is 1. The largest absolute Gasteiger partial charge is 0.468 e. The number of H-pyrrole nitrogens is 2. The fourth-order valence-electron chi connectivity index (χ4n) is 3.74. The normalized spacial score (nSPS) is 15.8. The van der Waals surface area contributed by atoms with Crippen molar-refractivity contribution in [3.8, 4) is 5.75 Å². The molecule has 4 rings (SSSR count). The first kappa shape index (κ1) is 22.5. The van der Waals surface area contributed by atoms with Gasteiger partial charge in [-0.3, -0.25) is 5.10 Å². The summed E-state index contributed by atoms with van der Waals surface area (Å²) in [6.07, 6.45) is 1.70. The highest BCUT2D eigenvalue weighted by Gasteiger charge is 2.21. The smallest absolute Gasteiger partial charge is 0.181 e. The number of hydrogen-bond acceptors (Lipinski definition) is 5. The van der Waals surface area contributed by atoms with Crippen molar-refractivity contribution < 1.29 is 13.5 Å². The Hall–Kier alpha value is -3.69. The number of fused-ring (bicyclic) bond motifs is 1. The molecular weight excluding hydrogens is 428 g/mol. The van der Waals surface area contributed by atoms with Crippen molar-refractivity contribution in [1.29, 1.82) is 0 Å². The van der Waals surface area contributed by atoms with Crippen LogP contribution in [-0.4, -0.2) is 58.6 Å². The van der Waals surface area contributed by atoms with E-state index in [1.807, 2.05) is 24.8 Å². The molecule has 3 aromatic rings. The van der Waals surface area contributed by atoms with Gasteiger partial charge in [0.2, 0.25) is 0 Å². The number of halogens is 2. The summed E-state index contributed by atoms with van der Waals surface area (Å²) in [5.74, 6) is 1.23. The molecule has 1 aliphatic rings. The van der Waals surface area contributed by atoms with Gasteiger partial charge >= 0.3 is 0 Å². The van der Waals surface area contributed by atoms with Gasteiger partial charge in [-0.25, -0.2) is 18.8 Å². The lowest BCUT2D eigenvalue weighted by Crippen LogP contribution is -2.38. The van der Waals surface area contributed by atoms with Gasteiger partial charge in [0.1, 0.15) is 17.8 Å². The number of likely N-dealkylation sites (tertiary alicyclic amines) is 1. The second kappa shape index (κ2) is 9.85. The third-order valence-corrected chi connectivity index (χ3v) is 5.43. The van der Waals surface area contributed by atoms with Gasteiger partial charge in [-0.1, -0.05) is 0 Å². The molecule has 174 valence electrons. The number of aryl methyl sites for hydroxylation is 2. The second-order valence-electron chi connectivity index (χ2n) is 7.99. The molecule has 0 radical (unpaired) electrons. The highest BCUT2D eigenvalue weighted by Crippen LogP contribution is 2.27. The van der Waals surface area contributed by atoms with Crippen LogP contribution in [0.3, 0.4) is 0 Å². The Kier molecular flexibility index (Phi) is 6.71. The Morgan fingerprint density at radius 2 is 2.09 bits per heavy atom. The molecule has 3 heterocycles. The number of aromatic amines is 2. The molecule has 1 aliphatic heterocycles. The topological polar surface area (TPSA) is 93.7 Å². The van der Waals surface area contributed by atoms with Crippen LogP contribution in [0.4, 0.5) is 14.6 Å². The molecule has 0 atom stereocenters. The average Bonchev–Trinajstić information content (AvgIpc) is 3.39. The van der Waals surface area contributed by atoms with Gasteiger partial charge in [-0.05, 0) is 51.6 Å². The van der Waals surface area contributed by atoms with E-state index in [9.17, 15) is 8.78 Å². The van der Waals surface area contributed by atoms with Gasteiger partial charge < -0.3 is 19.9 Å². The van der Waals surface area contributed by atoms with Gasteiger partial charge in [0, 0.05) is 47.5 Å². The number of nitrogens with one attached hydrogen (secondary N) is 3. The zero-order valence-electron chi connectivity index (χ0n) is 18.7. The molecule has 0 saturated carbocycles. The molecular formula is C23H27F2N7O. The summed E-state index contributed by atoms with van der Waals surface area (Å²) < 4.78 is 34.1. The molecule has 0 amide bonds. The predicted octanol–water partition coefficient (Wildman–Crippen LogP) is 4.47. The maximum atomic E-state index is 14.8. The summed E-state index contributed by atoms with van der Waals surface area (Å²) in [6.45, 7) is 8.26. The van der Waals surface area contributed by atoms with Gasteiger partial charge in [-0.15, -0.1) is 0 Å². The van der Waals surface area contributed by atoms with Crippen molar-refractivity contribution in [3.05, 3.63) is 53.4 Å². The third-order valence-electron chi connectivity index (χ3n) is 5.43. The quantitative estimate of drug-likeness (QED) is 0.362. The summed E-state index contributed by atoms with van der Waals surface area (Å²) in [5.41, 5.74) is 2.47. The third kappa shape index (κ3) is 5.39. The zero-order chi connectivity index (χ0) is 23.4. The standard InChI is InChI=1S/C23H27F2N7O/c1-14-10-17-18(28-14)4-5-19(23(17)25)33-13-27-22(32-8-6-16(24)7-9-32)12-20(26-3)29-21-11-15(2)30-31-21/h4-5,10-12,16,28H,3,6-9,13H2,1-2H3,(H2,29,30,31)/b20-12+,27-22+. The van der Waals surface area contributed by atoms with Gasteiger partial charge in [0.15, 0.2) is 24.1 Å². The summed E-state index contributed by atoms with van der Waals surface area (Å²) >= 11 is 0. The van der Waals surface area contributed by atoms with E-state index in [0.29, 0.717) is 54.3 Å². The number of nitrogens with zero attached hydrogens (tertiary/aromatic N) is 4. The molecule has 2 aromatic heterocycles. The first-order chi connectivity index (χ1) is 15.9. The Bertz CT molecular complexity index is 1190. The summed E-state index contributed by atoms with van der Waals surface area (Å²) in [6, 6.07) is 6.91. The number of aliphatic imine (C=N–C) groups is 2. The van der Waals surface area contributed by atoms with Crippen LogP contribution in [0, 0.1) is 19.7 Å². The van der Waals surface area contributed by atoms with E-state index >= 15 is 0 Å². The van der Waals surface area contributed by atoms with Crippen molar-refractivity contribution in [3.63, 3.8) is 0 Å². The highest BCUT2D eigenvalue weighted by atomic mass is 19.1. The molecule has 0 spiro atoms. The van der Waals surface area contributed by atoms with Crippen LogP contribution in [-0.2, 0) is 0 Å². The fourth-order valence-corrected chi connectivity index (χ4v) is 3.74. The van der Waals surface area contributed by atoms with Crippen molar-refractivity contribution >= 4 is 29.3 Å². The van der Waals surface area contributed by atoms with Gasteiger partial charge in [-0.2, -0.15) is 5.10 Å². The predicted molar refractivity (Wildman–Crippen MR) is 126 cm³/mol. The maximum absolute atomic E-state index is 14.8. The summed E-state index contributed by atoms with van der Waals surface area (Å²) in [4.78, 5) is 13.6. The Balaban J connectivity index is 1.54. The molecule has 10 heteroatoms. The van der Waals surface area contributed by atoms with E-state index in [4.69, 9.17) is 4.74 Å². The van der Waals surface area contributed by atoms with Crippen LogP contribution in [0.1, 0.15) is 24.2 Å². The van der Waals surface area contributed by atoms with Crippen molar-refractivity contribution in [2.24, 2.45) is 9.98 Å². The van der Waals surface area contributed by atoms with E-state index < -0.39 is 12.0 Å². The number of ether oxygens (including phenoxy) is 1. The van der Waals surface area contributed by atoms with E-state index in [1.54, 1.807) is 24.3 Å². The molecule has 0 bridgehead atoms. The van der Waals surface area contributed by atoms with E-state index in [0.717, 1.165) is 11.4 Å². The number of amidine groups is 1. The van der Waals surface area contributed by atoms with Crippen LogP contribution in [0.15, 0.2) is 46.1 Å². The van der Waals surface area contributed by atoms with Crippen LogP contribution >= 0.6 is 0 Å². The summed E-state index contributed by atoms with van der Waals surface area (Å²) in [5, 5.41) is 10.5. The first-order valence-corrected chi connectivity index (χ1v) is 10.7. The number of piperidine rings is 1. The van der Waals surface area contributed by atoms with Crippen molar-refractivity contribution in [1.82, 2.24) is 20.1 Å². The number of benzene rings is 1. The minimum Gasteiger partial charge on any atom is -0.468 e. The Morgan fingerprint density at radius 1 is 1.30 bits per heavy atom. The molecule has 8 nitrogen and oxygen atoms in total. The lowest BCUT2D eigenvalue weighted by Gasteiger charge is -2.30. The van der Waals surface area contributed by atoms with E-state index in [2.05, 4.69) is 37.2 Å². The van der Waals surface area contributed by atoms with Gasteiger partial charge in [0.25, 0.3) is 0 Å². The first-order valence-electron chi connectivity index (χ1n) is 10.7. The van der Waals surface area contributed by atoms with E-state index in [1.165, 1.54) is 0 Å². The van der Waals surface area contributed by atoms with Crippen LogP contribution < -0.4 is 10.1 Å². The Labute approximate surface area is 190 Å². The number of aromatic nitrogens is 3. The molecule has 1 fully saturated rings.